The van der Waals surface area contributed by atoms with Gasteiger partial charge in [0.1, 0.15) is 11.6 Å². The molecule has 3 rings (SSSR count). The lowest BCUT2D eigenvalue weighted by molar-refractivity contribution is -0.140. The molecule has 0 bridgehead atoms. The minimum atomic E-state index is -0.778. The van der Waals surface area contributed by atoms with E-state index in [9.17, 15) is 19.1 Å². The maximum atomic E-state index is 13.5. The number of amides is 1. The lowest BCUT2D eigenvalue weighted by atomic mass is 9.95. The predicted octanol–water partition coefficient (Wildman–Crippen LogP) is 3.88. The van der Waals surface area contributed by atoms with Gasteiger partial charge in [-0.05, 0) is 56.4 Å². The number of ketones is 1. The first-order chi connectivity index (χ1) is 13.7. The van der Waals surface area contributed by atoms with E-state index in [1.165, 1.54) is 29.2 Å². The summed E-state index contributed by atoms with van der Waals surface area (Å²) in [4.78, 5) is 29.0. The molecule has 1 unspecified atom stereocenters. The van der Waals surface area contributed by atoms with Gasteiger partial charge in [-0.2, -0.15) is 0 Å². The number of carbonyl (C=O) groups excluding carboxylic acids is 2. The Morgan fingerprint density at radius 1 is 1.17 bits per heavy atom. The molecule has 0 spiro atoms. The van der Waals surface area contributed by atoms with E-state index < -0.39 is 23.5 Å². The fraction of sp³-hybridized carbons (Fsp3) is 0.273. The van der Waals surface area contributed by atoms with E-state index in [-0.39, 0.29) is 11.3 Å². The number of halogens is 2. The van der Waals surface area contributed by atoms with E-state index in [0.29, 0.717) is 24.2 Å². The molecule has 1 aliphatic heterocycles. The van der Waals surface area contributed by atoms with Crippen molar-refractivity contribution in [3.63, 3.8) is 0 Å². The fourth-order valence-corrected chi connectivity index (χ4v) is 3.60. The highest BCUT2D eigenvalue weighted by atomic mass is 79.9. The van der Waals surface area contributed by atoms with Gasteiger partial charge in [0.2, 0.25) is 0 Å². The summed E-state index contributed by atoms with van der Waals surface area (Å²) in [5, 5.41) is 11.0. The third kappa shape index (κ3) is 4.26. The number of rotatable bonds is 5. The van der Waals surface area contributed by atoms with Gasteiger partial charge >= 0.3 is 0 Å². The number of Topliss-reactive ketones (excluding diaryl/α,β-unsaturated/α-hetero) is 1. The third-order valence-electron chi connectivity index (χ3n) is 4.95. The summed E-state index contributed by atoms with van der Waals surface area (Å²) in [6, 6.07) is 10.1. The number of carbonyl (C=O) groups is 2. The molecule has 1 aliphatic rings. The molecule has 1 amide bonds. The molecular weight excluding hydrogens is 439 g/mol. The topological polar surface area (TPSA) is 60.9 Å². The van der Waals surface area contributed by atoms with E-state index in [1.54, 1.807) is 18.2 Å². The van der Waals surface area contributed by atoms with Crippen LogP contribution in [-0.2, 0) is 9.59 Å². The van der Waals surface area contributed by atoms with Gasteiger partial charge < -0.3 is 14.9 Å². The highest BCUT2D eigenvalue weighted by Crippen LogP contribution is 2.39. The summed E-state index contributed by atoms with van der Waals surface area (Å²) in [6.45, 7) is 2.71. The first-order valence-corrected chi connectivity index (χ1v) is 9.95. The van der Waals surface area contributed by atoms with Crippen LogP contribution in [0.5, 0.6) is 0 Å². The summed E-state index contributed by atoms with van der Waals surface area (Å²) in [5.74, 6) is -2.06. The molecule has 0 radical (unpaired) electrons. The molecule has 5 nitrogen and oxygen atoms in total. The van der Waals surface area contributed by atoms with Crippen LogP contribution < -0.4 is 0 Å². The zero-order chi connectivity index (χ0) is 21.3. The van der Waals surface area contributed by atoms with Crippen LogP contribution in [0, 0.1) is 12.7 Å². The van der Waals surface area contributed by atoms with Gasteiger partial charge in [0.25, 0.3) is 11.7 Å². The Morgan fingerprint density at radius 2 is 1.83 bits per heavy atom. The Morgan fingerprint density at radius 3 is 2.41 bits per heavy atom. The first-order valence-electron chi connectivity index (χ1n) is 9.16. The molecule has 0 saturated carbocycles. The number of benzene rings is 2. The van der Waals surface area contributed by atoms with Crippen molar-refractivity contribution >= 4 is 33.4 Å². The van der Waals surface area contributed by atoms with E-state index in [4.69, 9.17) is 0 Å². The number of hydrogen-bond acceptors (Lipinski definition) is 4. The van der Waals surface area contributed by atoms with Gasteiger partial charge in [-0.15, -0.1) is 0 Å². The van der Waals surface area contributed by atoms with E-state index >= 15 is 0 Å². The normalized spacial score (nSPS) is 18.7. The average molecular weight is 461 g/mol. The monoisotopic (exact) mass is 460 g/mol. The predicted molar refractivity (Wildman–Crippen MR) is 113 cm³/mol. The Kier molecular flexibility index (Phi) is 6.19. The molecule has 0 aliphatic carbocycles. The second-order valence-electron chi connectivity index (χ2n) is 7.31. The van der Waals surface area contributed by atoms with Gasteiger partial charge in [-0.1, -0.05) is 34.1 Å². The minimum Gasteiger partial charge on any atom is -0.507 e. The molecule has 152 valence electrons. The molecule has 2 aromatic carbocycles. The van der Waals surface area contributed by atoms with Crippen molar-refractivity contribution in [3.8, 4) is 0 Å². The van der Waals surface area contributed by atoms with Crippen molar-refractivity contribution in [2.75, 3.05) is 27.2 Å². The van der Waals surface area contributed by atoms with Crippen LogP contribution in [0.15, 0.2) is 52.5 Å². The largest absolute Gasteiger partial charge is 0.507 e. The summed E-state index contributed by atoms with van der Waals surface area (Å²) in [6.07, 6.45) is 0. The average Bonchev–Trinajstić information content (AvgIpc) is 2.93. The SMILES string of the molecule is Cc1cc(/C(O)=C2/C(=O)C(=O)N(CCN(C)C)C2c2ccc(F)cc2)ccc1Br. The lowest BCUT2D eigenvalue weighted by Gasteiger charge is -2.26. The molecule has 1 heterocycles. The second-order valence-corrected chi connectivity index (χ2v) is 8.17. The smallest absolute Gasteiger partial charge is 0.295 e. The quantitative estimate of drug-likeness (QED) is 0.417. The van der Waals surface area contributed by atoms with Gasteiger partial charge in [0.15, 0.2) is 0 Å². The fourth-order valence-electron chi connectivity index (χ4n) is 3.36. The lowest BCUT2D eigenvalue weighted by Crippen LogP contribution is -2.35. The molecule has 1 atom stereocenters. The number of likely N-dealkylation sites (N-methyl/N-ethyl adjacent to an activating group) is 1. The van der Waals surface area contributed by atoms with Crippen LogP contribution in [0.2, 0.25) is 0 Å². The van der Waals surface area contributed by atoms with Crippen molar-refractivity contribution in [2.24, 2.45) is 0 Å². The first kappa shape index (κ1) is 21.2. The van der Waals surface area contributed by atoms with Crippen LogP contribution in [0.1, 0.15) is 22.7 Å². The minimum absolute atomic E-state index is 0.0158. The summed E-state index contributed by atoms with van der Waals surface area (Å²) in [7, 11) is 3.74. The molecule has 1 saturated heterocycles. The molecule has 0 aromatic heterocycles. The molecule has 1 N–H and O–H groups in total. The van der Waals surface area contributed by atoms with Crippen LogP contribution >= 0.6 is 15.9 Å². The highest BCUT2D eigenvalue weighted by Gasteiger charge is 2.45. The Bertz CT molecular complexity index is 986. The van der Waals surface area contributed by atoms with Gasteiger partial charge in [-0.3, -0.25) is 9.59 Å². The van der Waals surface area contributed by atoms with Crippen molar-refractivity contribution in [1.29, 1.82) is 0 Å². The van der Waals surface area contributed by atoms with Gasteiger partial charge in [-0.25, -0.2) is 4.39 Å². The van der Waals surface area contributed by atoms with E-state index in [1.807, 2.05) is 25.9 Å². The number of likely N-dealkylation sites (tertiary alicyclic amines) is 1. The molecule has 7 heteroatoms. The third-order valence-corrected chi connectivity index (χ3v) is 5.83. The number of hydrogen-bond donors (Lipinski definition) is 1. The Balaban J connectivity index is 2.15. The number of aliphatic hydroxyl groups excluding tert-OH is 1. The zero-order valence-corrected chi connectivity index (χ0v) is 18.0. The Hall–Kier alpha value is -2.51. The van der Waals surface area contributed by atoms with Crippen molar-refractivity contribution in [3.05, 3.63) is 75.0 Å². The van der Waals surface area contributed by atoms with E-state index in [0.717, 1.165) is 10.0 Å². The van der Waals surface area contributed by atoms with Crippen molar-refractivity contribution < 1.29 is 19.1 Å². The van der Waals surface area contributed by atoms with Crippen molar-refractivity contribution in [2.45, 2.75) is 13.0 Å². The highest BCUT2D eigenvalue weighted by molar-refractivity contribution is 9.10. The molecular formula is C22H22BrFN2O3. The number of nitrogens with zero attached hydrogens (tertiary/aromatic N) is 2. The number of aliphatic hydroxyl groups is 1. The maximum absolute atomic E-state index is 13.5. The molecule has 1 fully saturated rings. The Labute approximate surface area is 177 Å². The maximum Gasteiger partial charge on any atom is 0.295 e. The van der Waals surface area contributed by atoms with E-state index in [2.05, 4.69) is 15.9 Å². The summed E-state index contributed by atoms with van der Waals surface area (Å²) < 4.78 is 14.3. The molecule has 29 heavy (non-hydrogen) atoms. The molecule has 2 aromatic rings. The second kappa shape index (κ2) is 8.47. The van der Waals surface area contributed by atoms with Gasteiger partial charge in [0, 0.05) is 23.1 Å². The summed E-state index contributed by atoms with van der Waals surface area (Å²) >= 11 is 3.42. The van der Waals surface area contributed by atoms with Crippen molar-refractivity contribution in [1.82, 2.24) is 9.80 Å². The summed E-state index contributed by atoms with van der Waals surface area (Å²) in [5.41, 5.74) is 1.92. The van der Waals surface area contributed by atoms with Gasteiger partial charge in [0.05, 0.1) is 11.6 Å². The van der Waals surface area contributed by atoms with Crippen LogP contribution in [-0.4, -0.2) is 53.8 Å². The van der Waals surface area contributed by atoms with Crippen LogP contribution in [0.25, 0.3) is 5.76 Å². The number of aryl methyl sites for hydroxylation is 1. The standard InChI is InChI=1S/C22H22BrFN2O3/c1-13-12-15(6-9-17(13)23)20(27)18-19(14-4-7-16(24)8-5-14)26(11-10-25(2)3)22(29)21(18)28/h4-9,12,19,27H,10-11H2,1-3H3/b20-18-. The zero-order valence-electron chi connectivity index (χ0n) is 16.4. The van der Waals surface area contributed by atoms with Crippen LogP contribution in [0.4, 0.5) is 4.39 Å². The van der Waals surface area contributed by atoms with Crippen LogP contribution in [0.3, 0.4) is 0 Å².